The van der Waals surface area contributed by atoms with Crippen LogP contribution >= 0.6 is 0 Å². The molecule has 3 N–H and O–H groups in total. The molecule has 0 unspecified atom stereocenters. The second kappa shape index (κ2) is 8.39. The van der Waals surface area contributed by atoms with Gasteiger partial charge in [-0.3, -0.25) is 4.79 Å². The maximum Gasteiger partial charge on any atom is 0.250 e. The molecule has 1 aliphatic rings. The fraction of sp³-hybridized carbons (Fsp3) is 0.435. The number of nitrogens with two attached hydrogens (primary N) is 1. The quantitative estimate of drug-likeness (QED) is 0.716. The predicted molar refractivity (Wildman–Crippen MR) is 110 cm³/mol. The Labute approximate surface area is 157 Å². The normalized spacial score (nSPS) is 15.2. The van der Waals surface area contributed by atoms with Crippen molar-refractivity contribution in [3.8, 4) is 11.1 Å². The summed E-state index contributed by atoms with van der Waals surface area (Å²) in [5, 5.41) is 3.47. The highest BCUT2D eigenvalue weighted by Crippen LogP contribution is 2.28. The first-order chi connectivity index (χ1) is 12.5. The second-order valence-electron chi connectivity index (χ2n) is 7.79. The van der Waals surface area contributed by atoms with Gasteiger partial charge in [-0.1, -0.05) is 63.4 Å². The van der Waals surface area contributed by atoms with Crippen LogP contribution in [0.25, 0.3) is 11.1 Å². The van der Waals surface area contributed by atoms with E-state index < -0.39 is 0 Å². The Morgan fingerprint density at radius 3 is 2.31 bits per heavy atom. The lowest BCUT2D eigenvalue weighted by Gasteiger charge is -2.23. The highest BCUT2D eigenvalue weighted by molar-refractivity contribution is 5.99. The molecule has 1 fully saturated rings. The van der Waals surface area contributed by atoms with Gasteiger partial charge in [0.05, 0.1) is 5.56 Å². The minimum atomic E-state index is -0.378. The second-order valence-corrected chi connectivity index (χ2v) is 7.79. The van der Waals surface area contributed by atoms with Gasteiger partial charge in [-0.2, -0.15) is 0 Å². The van der Waals surface area contributed by atoms with Crippen LogP contribution in [0.4, 0.5) is 5.69 Å². The largest absolute Gasteiger partial charge is 0.384 e. The summed E-state index contributed by atoms with van der Waals surface area (Å²) < 4.78 is 0. The SMILES string of the molecule is CC(C)c1ccc(-c2ccc(NCC3CCCCC3)c(C(N)=O)c2)cc1. The van der Waals surface area contributed by atoms with Gasteiger partial charge in [0.1, 0.15) is 0 Å². The van der Waals surface area contributed by atoms with Crippen LogP contribution in [0.2, 0.25) is 0 Å². The number of amides is 1. The zero-order chi connectivity index (χ0) is 18.5. The zero-order valence-corrected chi connectivity index (χ0v) is 15.9. The maximum absolute atomic E-state index is 12.0. The smallest absolute Gasteiger partial charge is 0.250 e. The topological polar surface area (TPSA) is 55.1 Å². The van der Waals surface area contributed by atoms with E-state index in [0.29, 0.717) is 17.4 Å². The molecule has 3 rings (SSSR count). The van der Waals surface area contributed by atoms with Crippen molar-refractivity contribution in [2.75, 3.05) is 11.9 Å². The molecule has 0 atom stereocenters. The third kappa shape index (κ3) is 4.46. The van der Waals surface area contributed by atoms with E-state index in [1.807, 2.05) is 12.1 Å². The third-order valence-electron chi connectivity index (χ3n) is 5.50. The number of hydrogen-bond acceptors (Lipinski definition) is 2. The molecule has 0 spiro atoms. The summed E-state index contributed by atoms with van der Waals surface area (Å²) >= 11 is 0. The average Bonchev–Trinajstić information content (AvgIpc) is 2.67. The van der Waals surface area contributed by atoms with Gasteiger partial charge in [-0.15, -0.1) is 0 Å². The monoisotopic (exact) mass is 350 g/mol. The predicted octanol–water partition coefficient (Wildman–Crippen LogP) is 5.57. The Hall–Kier alpha value is -2.29. The number of anilines is 1. The first-order valence-electron chi connectivity index (χ1n) is 9.82. The number of primary amides is 1. The first kappa shape index (κ1) is 18.5. The summed E-state index contributed by atoms with van der Waals surface area (Å²) in [5.74, 6) is 0.834. The Bertz CT molecular complexity index is 743. The van der Waals surface area contributed by atoms with Crippen LogP contribution in [0.1, 0.15) is 67.8 Å². The van der Waals surface area contributed by atoms with Gasteiger partial charge in [0, 0.05) is 12.2 Å². The summed E-state index contributed by atoms with van der Waals surface area (Å²) in [5.41, 5.74) is 10.5. The molecule has 0 aliphatic heterocycles. The number of rotatable bonds is 6. The fourth-order valence-electron chi connectivity index (χ4n) is 3.79. The van der Waals surface area contributed by atoms with Crippen molar-refractivity contribution in [2.45, 2.75) is 51.9 Å². The van der Waals surface area contributed by atoms with Gasteiger partial charge in [-0.05, 0) is 53.5 Å². The summed E-state index contributed by atoms with van der Waals surface area (Å²) in [4.78, 5) is 12.0. The fourth-order valence-corrected chi connectivity index (χ4v) is 3.79. The molecule has 1 amide bonds. The molecular weight excluding hydrogens is 320 g/mol. The number of carbonyl (C=O) groups excluding carboxylic acids is 1. The van der Waals surface area contributed by atoms with Gasteiger partial charge < -0.3 is 11.1 Å². The molecule has 0 aromatic heterocycles. The summed E-state index contributed by atoms with van der Waals surface area (Å²) in [7, 11) is 0. The van der Waals surface area contributed by atoms with Crippen LogP contribution in [-0.4, -0.2) is 12.5 Å². The van der Waals surface area contributed by atoms with Crippen LogP contribution in [0.5, 0.6) is 0 Å². The molecule has 2 aromatic carbocycles. The van der Waals surface area contributed by atoms with Gasteiger partial charge in [0.25, 0.3) is 5.91 Å². The zero-order valence-electron chi connectivity index (χ0n) is 15.9. The molecule has 0 bridgehead atoms. The van der Waals surface area contributed by atoms with Crippen LogP contribution in [0.15, 0.2) is 42.5 Å². The van der Waals surface area contributed by atoms with Crippen molar-refractivity contribution in [2.24, 2.45) is 11.7 Å². The molecule has 0 saturated heterocycles. The highest BCUT2D eigenvalue weighted by atomic mass is 16.1. The van der Waals surface area contributed by atoms with E-state index in [0.717, 1.165) is 23.4 Å². The number of benzene rings is 2. The maximum atomic E-state index is 12.0. The van der Waals surface area contributed by atoms with Gasteiger partial charge in [0.2, 0.25) is 0 Å². The molecule has 3 heteroatoms. The molecule has 138 valence electrons. The van der Waals surface area contributed by atoms with E-state index in [2.05, 4.69) is 49.5 Å². The van der Waals surface area contributed by atoms with Crippen molar-refractivity contribution in [1.29, 1.82) is 0 Å². The van der Waals surface area contributed by atoms with Crippen LogP contribution in [0.3, 0.4) is 0 Å². The molecule has 2 aromatic rings. The van der Waals surface area contributed by atoms with Crippen molar-refractivity contribution < 1.29 is 4.79 Å². The van der Waals surface area contributed by atoms with E-state index in [-0.39, 0.29) is 5.91 Å². The third-order valence-corrected chi connectivity index (χ3v) is 5.50. The molecular formula is C23H30N2O. The van der Waals surface area contributed by atoms with E-state index in [4.69, 9.17) is 5.73 Å². The number of nitrogens with one attached hydrogen (secondary N) is 1. The number of carbonyl (C=O) groups is 1. The van der Waals surface area contributed by atoms with Gasteiger partial charge in [0.15, 0.2) is 0 Å². The molecule has 0 heterocycles. The lowest BCUT2D eigenvalue weighted by molar-refractivity contribution is 0.100. The number of hydrogen-bond donors (Lipinski definition) is 2. The lowest BCUT2D eigenvalue weighted by atomic mass is 9.89. The molecule has 1 saturated carbocycles. The Morgan fingerprint density at radius 2 is 1.69 bits per heavy atom. The minimum absolute atomic E-state index is 0.378. The van der Waals surface area contributed by atoms with Crippen molar-refractivity contribution >= 4 is 11.6 Å². The van der Waals surface area contributed by atoms with E-state index in [1.165, 1.54) is 37.7 Å². The van der Waals surface area contributed by atoms with E-state index in [1.54, 1.807) is 0 Å². The van der Waals surface area contributed by atoms with Crippen LogP contribution in [-0.2, 0) is 0 Å². The molecule has 3 nitrogen and oxygen atoms in total. The van der Waals surface area contributed by atoms with Crippen molar-refractivity contribution in [3.63, 3.8) is 0 Å². The van der Waals surface area contributed by atoms with Crippen LogP contribution < -0.4 is 11.1 Å². The van der Waals surface area contributed by atoms with Crippen molar-refractivity contribution in [3.05, 3.63) is 53.6 Å². The van der Waals surface area contributed by atoms with E-state index >= 15 is 0 Å². The summed E-state index contributed by atoms with van der Waals surface area (Å²) in [6.45, 7) is 5.29. The Kier molecular flexibility index (Phi) is 5.97. The van der Waals surface area contributed by atoms with Gasteiger partial charge >= 0.3 is 0 Å². The summed E-state index contributed by atoms with van der Waals surface area (Å²) in [6.07, 6.45) is 6.55. The summed E-state index contributed by atoms with van der Waals surface area (Å²) in [6, 6.07) is 14.5. The molecule has 1 aliphatic carbocycles. The minimum Gasteiger partial charge on any atom is -0.384 e. The van der Waals surface area contributed by atoms with Crippen LogP contribution in [0, 0.1) is 5.92 Å². The van der Waals surface area contributed by atoms with E-state index in [9.17, 15) is 4.79 Å². The first-order valence-corrected chi connectivity index (χ1v) is 9.82. The lowest BCUT2D eigenvalue weighted by Crippen LogP contribution is -2.20. The molecule has 0 radical (unpaired) electrons. The van der Waals surface area contributed by atoms with Crippen molar-refractivity contribution in [1.82, 2.24) is 0 Å². The Balaban J connectivity index is 1.78. The Morgan fingerprint density at radius 1 is 1.04 bits per heavy atom. The highest BCUT2D eigenvalue weighted by Gasteiger charge is 2.15. The standard InChI is InChI=1S/C23H30N2O/c1-16(2)18-8-10-19(11-9-18)20-12-13-22(21(14-20)23(24)26)25-15-17-6-4-3-5-7-17/h8-14,16-17,25H,3-7,15H2,1-2H3,(H2,24,26). The van der Waals surface area contributed by atoms with Gasteiger partial charge in [-0.25, -0.2) is 0 Å². The average molecular weight is 351 g/mol. The molecule has 26 heavy (non-hydrogen) atoms.